The van der Waals surface area contributed by atoms with Crippen molar-refractivity contribution in [1.29, 1.82) is 0 Å². The molecule has 0 saturated heterocycles. The van der Waals surface area contributed by atoms with E-state index in [1.54, 1.807) is 0 Å². The Labute approximate surface area is 160 Å². The molecule has 150 valence electrons. The van der Waals surface area contributed by atoms with Crippen molar-refractivity contribution >= 4 is 11.9 Å². The molecule has 0 aliphatic heterocycles. The fourth-order valence-corrected chi connectivity index (χ4v) is 2.32. The fourth-order valence-electron chi connectivity index (χ4n) is 2.32. The third-order valence-corrected chi connectivity index (χ3v) is 3.73. The van der Waals surface area contributed by atoms with Gasteiger partial charge in [0, 0.05) is 18.2 Å². The second-order valence-corrected chi connectivity index (χ2v) is 5.50. The van der Waals surface area contributed by atoms with Crippen LogP contribution in [-0.2, 0) is 16.1 Å². The molecule has 2 rings (SSSR count). The van der Waals surface area contributed by atoms with Crippen LogP contribution < -0.4 is 19.5 Å². The minimum Gasteiger partial charge on any atom is -0.493 e. The molecule has 0 heterocycles. The van der Waals surface area contributed by atoms with Crippen LogP contribution in [0, 0.1) is 11.6 Å². The molecule has 0 aliphatic rings. The van der Waals surface area contributed by atoms with Crippen LogP contribution in [0.25, 0.3) is 0 Å². The Morgan fingerprint density at radius 3 is 2.14 bits per heavy atom. The van der Waals surface area contributed by atoms with Gasteiger partial charge in [0.15, 0.2) is 18.1 Å². The molecule has 2 aromatic carbocycles. The van der Waals surface area contributed by atoms with Crippen molar-refractivity contribution in [2.45, 2.75) is 6.54 Å². The van der Waals surface area contributed by atoms with Crippen LogP contribution in [-0.4, -0.2) is 39.8 Å². The highest BCUT2D eigenvalue weighted by Gasteiger charge is 2.18. The zero-order valence-corrected chi connectivity index (χ0v) is 15.5. The number of nitrogens with one attached hydrogen (secondary N) is 1. The zero-order chi connectivity index (χ0) is 20.7. The summed E-state index contributed by atoms with van der Waals surface area (Å²) in [6, 6.07) is 5.78. The zero-order valence-electron chi connectivity index (χ0n) is 15.5. The summed E-state index contributed by atoms with van der Waals surface area (Å²) in [5, 5.41) is 2.38. The van der Waals surface area contributed by atoms with E-state index in [9.17, 15) is 18.4 Å². The highest BCUT2D eigenvalue weighted by Crippen LogP contribution is 2.38. The Morgan fingerprint density at radius 2 is 1.61 bits per heavy atom. The Morgan fingerprint density at radius 1 is 0.964 bits per heavy atom. The Bertz CT molecular complexity index is 846. The summed E-state index contributed by atoms with van der Waals surface area (Å²) < 4.78 is 46.8. The average molecular weight is 395 g/mol. The molecule has 0 bridgehead atoms. The summed E-state index contributed by atoms with van der Waals surface area (Å²) in [6.45, 7) is -0.759. The Balaban J connectivity index is 1.96. The summed E-state index contributed by atoms with van der Waals surface area (Å²) in [5.74, 6) is -2.12. The number of halogens is 2. The first-order valence-corrected chi connectivity index (χ1v) is 8.07. The van der Waals surface area contributed by atoms with Crippen LogP contribution in [0.4, 0.5) is 8.78 Å². The van der Waals surface area contributed by atoms with E-state index in [0.717, 1.165) is 6.07 Å². The second-order valence-electron chi connectivity index (χ2n) is 5.50. The standard InChI is InChI=1S/C19H19F2NO6/c1-25-15-6-12(7-16(26-2)18(15)27-3)19(24)28-10-17(23)22-9-11-4-5-13(20)8-14(11)21/h4-8H,9-10H2,1-3H3,(H,22,23). The largest absolute Gasteiger partial charge is 0.493 e. The van der Waals surface area contributed by atoms with Crippen LogP contribution in [0.2, 0.25) is 0 Å². The smallest absolute Gasteiger partial charge is 0.338 e. The molecule has 0 saturated carbocycles. The van der Waals surface area contributed by atoms with Crippen LogP contribution in [0.1, 0.15) is 15.9 Å². The predicted octanol–water partition coefficient (Wildman–Crippen LogP) is 2.46. The van der Waals surface area contributed by atoms with Crippen molar-refractivity contribution < 1.29 is 37.3 Å². The van der Waals surface area contributed by atoms with E-state index in [2.05, 4.69) is 5.32 Å². The second kappa shape index (κ2) is 9.54. The summed E-state index contributed by atoms with van der Waals surface area (Å²) in [4.78, 5) is 24.0. The number of hydrogen-bond donors (Lipinski definition) is 1. The lowest BCUT2D eigenvalue weighted by atomic mass is 10.2. The number of esters is 1. The van der Waals surface area contributed by atoms with Crippen molar-refractivity contribution in [3.05, 3.63) is 53.1 Å². The van der Waals surface area contributed by atoms with Crippen molar-refractivity contribution in [3.63, 3.8) is 0 Å². The Hall–Kier alpha value is -3.36. The molecule has 0 aliphatic carbocycles. The van der Waals surface area contributed by atoms with E-state index in [4.69, 9.17) is 18.9 Å². The van der Waals surface area contributed by atoms with Crippen LogP contribution in [0.15, 0.2) is 30.3 Å². The van der Waals surface area contributed by atoms with E-state index >= 15 is 0 Å². The molecule has 0 radical (unpaired) electrons. The van der Waals surface area contributed by atoms with E-state index in [0.29, 0.717) is 11.8 Å². The molecule has 1 amide bonds. The lowest BCUT2D eigenvalue weighted by Gasteiger charge is -2.13. The SMILES string of the molecule is COc1cc(C(=O)OCC(=O)NCc2ccc(F)cc2F)cc(OC)c1OC. The summed E-state index contributed by atoms with van der Waals surface area (Å²) in [6.07, 6.45) is 0. The molecule has 7 nitrogen and oxygen atoms in total. The minimum atomic E-state index is -0.789. The minimum absolute atomic E-state index is 0.0897. The number of rotatable bonds is 8. The van der Waals surface area contributed by atoms with Gasteiger partial charge in [-0.25, -0.2) is 13.6 Å². The maximum absolute atomic E-state index is 13.5. The lowest BCUT2D eigenvalue weighted by Crippen LogP contribution is -2.28. The molecule has 0 spiro atoms. The normalized spacial score (nSPS) is 10.2. The van der Waals surface area contributed by atoms with Gasteiger partial charge < -0.3 is 24.3 Å². The monoisotopic (exact) mass is 395 g/mol. The molecule has 2 aromatic rings. The van der Waals surface area contributed by atoms with Gasteiger partial charge in [0.2, 0.25) is 5.75 Å². The van der Waals surface area contributed by atoms with E-state index in [1.165, 1.54) is 39.5 Å². The number of hydrogen-bond acceptors (Lipinski definition) is 6. The van der Waals surface area contributed by atoms with E-state index in [-0.39, 0.29) is 29.2 Å². The molecular weight excluding hydrogens is 376 g/mol. The predicted molar refractivity (Wildman–Crippen MR) is 94.6 cm³/mol. The van der Waals surface area contributed by atoms with Gasteiger partial charge in [0.1, 0.15) is 11.6 Å². The van der Waals surface area contributed by atoms with Gasteiger partial charge in [0.25, 0.3) is 5.91 Å². The molecule has 9 heteroatoms. The molecular formula is C19H19F2NO6. The first kappa shape index (κ1) is 20.9. The topological polar surface area (TPSA) is 83.1 Å². The van der Waals surface area contributed by atoms with Crippen molar-refractivity contribution in [1.82, 2.24) is 5.32 Å². The van der Waals surface area contributed by atoms with Crippen molar-refractivity contribution in [2.24, 2.45) is 0 Å². The van der Waals surface area contributed by atoms with E-state index < -0.39 is 30.1 Å². The van der Waals surface area contributed by atoms with Gasteiger partial charge in [-0.3, -0.25) is 4.79 Å². The molecule has 0 unspecified atom stereocenters. The Kier molecular flexibility index (Phi) is 7.14. The third kappa shape index (κ3) is 5.09. The maximum atomic E-state index is 13.5. The first-order valence-electron chi connectivity index (χ1n) is 8.07. The van der Waals surface area contributed by atoms with Gasteiger partial charge in [-0.1, -0.05) is 6.07 Å². The van der Waals surface area contributed by atoms with Crippen molar-refractivity contribution in [3.8, 4) is 17.2 Å². The number of carbonyl (C=O) groups excluding carboxylic acids is 2. The third-order valence-electron chi connectivity index (χ3n) is 3.73. The van der Waals surface area contributed by atoms with Crippen molar-refractivity contribution in [2.75, 3.05) is 27.9 Å². The molecule has 0 fully saturated rings. The first-order chi connectivity index (χ1) is 13.4. The number of carbonyl (C=O) groups is 2. The van der Waals surface area contributed by atoms with E-state index in [1.807, 2.05) is 0 Å². The summed E-state index contributed by atoms with van der Waals surface area (Å²) in [5.41, 5.74) is 0.192. The molecule has 1 N–H and O–H groups in total. The summed E-state index contributed by atoms with van der Waals surface area (Å²) in [7, 11) is 4.22. The molecule has 0 aromatic heterocycles. The number of methoxy groups -OCH3 is 3. The van der Waals surface area contributed by atoms with Gasteiger partial charge >= 0.3 is 5.97 Å². The lowest BCUT2D eigenvalue weighted by molar-refractivity contribution is -0.124. The highest BCUT2D eigenvalue weighted by atomic mass is 19.1. The van der Waals surface area contributed by atoms with Crippen LogP contribution >= 0.6 is 0 Å². The maximum Gasteiger partial charge on any atom is 0.338 e. The molecule has 0 atom stereocenters. The van der Waals surface area contributed by atoms with Gasteiger partial charge in [-0.15, -0.1) is 0 Å². The van der Waals surface area contributed by atoms with Gasteiger partial charge in [-0.2, -0.15) is 0 Å². The number of ether oxygens (including phenoxy) is 4. The van der Waals surface area contributed by atoms with Gasteiger partial charge in [-0.05, 0) is 18.2 Å². The van der Waals surface area contributed by atoms with Gasteiger partial charge in [0.05, 0.1) is 26.9 Å². The number of amides is 1. The number of benzene rings is 2. The summed E-state index contributed by atoms with van der Waals surface area (Å²) >= 11 is 0. The average Bonchev–Trinajstić information content (AvgIpc) is 2.69. The quantitative estimate of drug-likeness (QED) is 0.692. The van der Waals surface area contributed by atoms with Crippen LogP contribution in [0.5, 0.6) is 17.2 Å². The molecule has 28 heavy (non-hydrogen) atoms. The van der Waals surface area contributed by atoms with Crippen LogP contribution in [0.3, 0.4) is 0 Å². The fraction of sp³-hybridized carbons (Fsp3) is 0.263. The highest BCUT2D eigenvalue weighted by molar-refractivity contribution is 5.92.